The fraction of sp³-hybridized carbons (Fsp3) is 0.632. The number of hydrogen-bond donors (Lipinski definition) is 2. The summed E-state index contributed by atoms with van der Waals surface area (Å²) in [5.41, 5.74) is 1.02. The van der Waals surface area contributed by atoms with Crippen LogP contribution in [0.4, 0.5) is 0 Å². The lowest BCUT2D eigenvalue weighted by Crippen LogP contribution is -2.33. The maximum atomic E-state index is 12.7. The molecule has 26 heavy (non-hydrogen) atoms. The average Bonchev–Trinajstić information content (AvgIpc) is 2.88. The van der Waals surface area contributed by atoms with Gasteiger partial charge in [0.1, 0.15) is 4.83 Å². The van der Waals surface area contributed by atoms with Gasteiger partial charge in [0, 0.05) is 11.4 Å². The van der Waals surface area contributed by atoms with Gasteiger partial charge >= 0.3 is 0 Å². The average molecular weight is 396 g/mol. The number of aryl methyl sites for hydroxylation is 1. The standard InChI is InChI=1S/C19H29N3O2S2/c1-7-11(4)8-14-12(5)25-18-15(14)17(24)21-19(22-18)26-13(6)16(23)20-9-10(2)3/h10-11,13H,7-9H2,1-6H3,(H,20,23)(H,21,22,24)/t11-,13-/m0/s1. The highest BCUT2D eigenvalue weighted by Gasteiger charge is 2.20. The van der Waals surface area contributed by atoms with Gasteiger partial charge in [0.25, 0.3) is 5.56 Å². The zero-order valence-corrected chi connectivity index (χ0v) is 18.1. The minimum Gasteiger partial charge on any atom is -0.355 e. The summed E-state index contributed by atoms with van der Waals surface area (Å²) in [5.74, 6) is 0.902. The zero-order valence-electron chi connectivity index (χ0n) is 16.4. The third-order valence-electron chi connectivity index (χ3n) is 4.43. The second-order valence-corrected chi connectivity index (χ2v) is 9.84. The minimum atomic E-state index is -0.310. The summed E-state index contributed by atoms with van der Waals surface area (Å²) in [6.45, 7) is 13.0. The van der Waals surface area contributed by atoms with Gasteiger partial charge in [-0.05, 0) is 37.7 Å². The smallest absolute Gasteiger partial charge is 0.260 e. The SMILES string of the molecule is CC[C@H](C)Cc1c(C)sc2nc(S[C@@H](C)C(=O)NCC(C)C)[nH]c(=O)c12. The number of aromatic nitrogens is 2. The molecular weight excluding hydrogens is 366 g/mol. The van der Waals surface area contributed by atoms with Crippen LogP contribution in [-0.2, 0) is 11.2 Å². The normalized spacial score (nSPS) is 14.0. The van der Waals surface area contributed by atoms with Gasteiger partial charge in [0.15, 0.2) is 5.16 Å². The second kappa shape index (κ2) is 9.04. The van der Waals surface area contributed by atoms with Crippen LogP contribution >= 0.6 is 23.1 Å². The first-order valence-electron chi connectivity index (χ1n) is 9.19. The van der Waals surface area contributed by atoms with Crippen molar-refractivity contribution < 1.29 is 4.79 Å². The molecule has 0 aliphatic heterocycles. The first-order valence-corrected chi connectivity index (χ1v) is 10.9. The first-order chi connectivity index (χ1) is 12.2. The maximum Gasteiger partial charge on any atom is 0.260 e. The monoisotopic (exact) mass is 395 g/mol. The Morgan fingerprint density at radius 3 is 2.62 bits per heavy atom. The van der Waals surface area contributed by atoms with E-state index in [0.29, 0.717) is 28.9 Å². The van der Waals surface area contributed by atoms with E-state index in [-0.39, 0.29) is 16.7 Å². The van der Waals surface area contributed by atoms with Gasteiger partial charge in [-0.1, -0.05) is 45.9 Å². The summed E-state index contributed by atoms with van der Waals surface area (Å²) in [7, 11) is 0. The lowest BCUT2D eigenvalue weighted by Gasteiger charge is -2.12. The molecule has 0 unspecified atom stereocenters. The molecule has 2 aromatic heterocycles. The highest BCUT2D eigenvalue weighted by Crippen LogP contribution is 2.31. The van der Waals surface area contributed by atoms with E-state index in [9.17, 15) is 9.59 Å². The molecule has 0 aliphatic rings. The number of thioether (sulfide) groups is 1. The number of nitrogens with zero attached hydrogens (tertiary/aromatic N) is 1. The Morgan fingerprint density at radius 2 is 2.00 bits per heavy atom. The number of fused-ring (bicyclic) bond motifs is 1. The van der Waals surface area contributed by atoms with Gasteiger partial charge in [0.2, 0.25) is 5.91 Å². The van der Waals surface area contributed by atoms with Crippen molar-refractivity contribution in [3.8, 4) is 0 Å². The van der Waals surface area contributed by atoms with E-state index in [1.807, 2.05) is 6.92 Å². The Morgan fingerprint density at radius 1 is 1.31 bits per heavy atom. The Labute approximate surface area is 163 Å². The summed E-state index contributed by atoms with van der Waals surface area (Å²) in [6.07, 6.45) is 1.98. The Bertz CT molecular complexity index is 826. The quantitative estimate of drug-likeness (QED) is 0.520. The van der Waals surface area contributed by atoms with Crippen LogP contribution in [0, 0.1) is 18.8 Å². The summed E-state index contributed by atoms with van der Waals surface area (Å²) in [6, 6.07) is 0. The molecule has 2 atom stereocenters. The van der Waals surface area contributed by atoms with Crippen molar-refractivity contribution in [2.45, 2.75) is 64.8 Å². The number of hydrogen-bond acceptors (Lipinski definition) is 5. The van der Waals surface area contributed by atoms with E-state index < -0.39 is 0 Å². The summed E-state index contributed by atoms with van der Waals surface area (Å²) in [5, 5.41) is 3.83. The lowest BCUT2D eigenvalue weighted by atomic mass is 9.98. The van der Waals surface area contributed by atoms with Gasteiger partial charge in [-0.2, -0.15) is 0 Å². The first kappa shape index (κ1) is 21.0. The van der Waals surface area contributed by atoms with Crippen molar-refractivity contribution in [2.24, 2.45) is 11.8 Å². The fourth-order valence-corrected chi connectivity index (χ4v) is 4.55. The predicted octanol–water partition coefficient (Wildman–Crippen LogP) is 4.13. The van der Waals surface area contributed by atoms with Gasteiger partial charge in [-0.15, -0.1) is 11.3 Å². The number of rotatable bonds is 8. The van der Waals surface area contributed by atoms with Gasteiger partial charge in [-0.3, -0.25) is 9.59 Å². The van der Waals surface area contributed by atoms with Crippen molar-refractivity contribution in [1.29, 1.82) is 0 Å². The third-order valence-corrected chi connectivity index (χ3v) is 6.46. The van der Waals surface area contributed by atoms with Crippen molar-refractivity contribution in [2.75, 3.05) is 6.54 Å². The van der Waals surface area contributed by atoms with E-state index in [2.05, 4.69) is 49.9 Å². The molecule has 2 rings (SSSR count). The predicted molar refractivity (Wildman–Crippen MR) is 111 cm³/mol. The van der Waals surface area contributed by atoms with E-state index >= 15 is 0 Å². The minimum absolute atomic E-state index is 0.0359. The molecule has 0 radical (unpaired) electrons. The number of H-pyrrole nitrogens is 1. The van der Waals surface area contributed by atoms with Crippen LogP contribution in [0.5, 0.6) is 0 Å². The molecule has 0 saturated carbocycles. The van der Waals surface area contributed by atoms with E-state index in [1.54, 1.807) is 11.3 Å². The molecule has 0 spiro atoms. The summed E-state index contributed by atoms with van der Waals surface area (Å²) >= 11 is 2.86. The highest BCUT2D eigenvalue weighted by atomic mass is 32.2. The molecule has 1 amide bonds. The zero-order chi connectivity index (χ0) is 19.4. The summed E-state index contributed by atoms with van der Waals surface area (Å²) < 4.78 is 0. The van der Waals surface area contributed by atoms with Crippen LogP contribution in [0.3, 0.4) is 0 Å². The van der Waals surface area contributed by atoms with Gasteiger partial charge in [-0.25, -0.2) is 4.98 Å². The Hall–Kier alpha value is -1.34. The van der Waals surface area contributed by atoms with E-state index in [0.717, 1.165) is 28.1 Å². The van der Waals surface area contributed by atoms with Crippen LogP contribution in [0.15, 0.2) is 9.95 Å². The van der Waals surface area contributed by atoms with E-state index in [4.69, 9.17) is 0 Å². The van der Waals surface area contributed by atoms with Crippen LogP contribution in [0.2, 0.25) is 0 Å². The highest BCUT2D eigenvalue weighted by molar-refractivity contribution is 8.00. The number of thiophene rings is 1. The Kier molecular flexibility index (Phi) is 7.29. The number of carbonyl (C=O) groups excluding carboxylic acids is 1. The van der Waals surface area contributed by atoms with Crippen LogP contribution < -0.4 is 10.9 Å². The number of amides is 1. The molecule has 7 heteroatoms. The third kappa shape index (κ3) is 5.10. The lowest BCUT2D eigenvalue weighted by molar-refractivity contribution is -0.120. The second-order valence-electron chi connectivity index (χ2n) is 7.30. The van der Waals surface area contributed by atoms with Crippen molar-refractivity contribution in [3.05, 3.63) is 20.8 Å². The van der Waals surface area contributed by atoms with Crippen LogP contribution in [0.25, 0.3) is 10.2 Å². The molecule has 0 aromatic carbocycles. The molecule has 2 heterocycles. The van der Waals surface area contributed by atoms with Gasteiger partial charge < -0.3 is 10.3 Å². The largest absolute Gasteiger partial charge is 0.355 e. The summed E-state index contributed by atoms with van der Waals surface area (Å²) in [4.78, 5) is 34.2. The number of aromatic amines is 1. The molecule has 0 aliphatic carbocycles. The van der Waals surface area contributed by atoms with Crippen molar-refractivity contribution in [3.63, 3.8) is 0 Å². The van der Waals surface area contributed by atoms with Crippen molar-refractivity contribution >= 4 is 39.2 Å². The number of carbonyl (C=O) groups is 1. The molecule has 0 fully saturated rings. The maximum absolute atomic E-state index is 12.7. The van der Waals surface area contributed by atoms with Crippen LogP contribution in [-0.4, -0.2) is 27.7 Å². The van der Waals surface area contributed by atoms with E-state index in [1.165, 1.54) is 11.8 Å². The Balaban J connectivity index is 2.23. The fourth-order valence-electron chi connectivity index (χ4n) is 2.62. The molecule has 144 valence electrons. The van der Waals surface area contributed by atoms with Gasteiger partial charge in [0.05, 0.1) is 10.6 Å². The molecule has 2 N–H and O–H groups in total. The number of nitrogens with one attached hydrogen (secondary N) is 2. The molecule has 2 aromatic rings. The van der Waals surface area contributed by atoms with Crippen molar-refractivity contribution in [1.82, 2.24) is 15.3 Å². The topological polar surface area (TPSA) is 74.8 Å². The molecule has 5 nitrogen and oxygen atoms in total. The van der Waals surface area contributed by atoms with Crippen LogP contribution in [0.1, 0.15) is 51.5 Å². The molecule has 0 bridgehead atoms. The molecule has 0 saturated heterocycles. The molecular formula is C19H29N3O2S2.